The van der Waals surface area contributed by atoms with Gasteiger partial charge in [-0.15, -0.1) is 0 Å². The van der Waals surface area contributed by atoms with Gasteiger partial charge in [0.1, 0.15) is 5.75 Å². The van der Waals surface area contributed by atoms with Crippen molar-refractivity contribution in [3.63, 3.8) is 0 Å². The van der Waals surface area contributed by atoms with Gasteiger partial charge >= 0.3 is 0 Å². The maximum atomic E-state index is 11.9. The average molecular weight is 237 g/mol. The molecule has 1 aromatic rings. The molecule has 1 aromatic carbocycles. The van der Waals surface area contributed by atoms with Crippen LogP contribution in [0.2, 0.25) is 0 Å². The van der Waals surface area contributed by atoms with Crippen LogP contribution in [0.15, 0.2) is 24.3 Å². The Kier molecular flexibility index (Phi) is 5.12. The Morgan fingerprint density at radius 1 is 1.41 bits per heavy atom. The first-order valence-corrected chi connectivity index (χ1v) is 5.56. The number of aliphatic hydroxyl groups excluding tert-OH is 1. The van der Waals surface area contributed by atoms with Crippen LogP contribution in [0.3, 0.4) is 0 Å². The lowest BCUT2D eigenvalue weighted by molar-refractivity contribution is 0.0901. The molecule has 0 spiro atoms. The number of carbonyl (C=O) groups is 1. The second kappa shape index (κ2) is 6.37. The lowest BCUT2D eigenvalue weighted by Crippen LogP contribution is -2.32. The largest absolute Gasteiger partial charge is 0.497 e. The summed E-state index contributed by atoms with van der Waals surface area (Å²) in [6.45, 7) is 2.49. The number of ketones is 1. The molecule has 0 aromatic heterocycles. The molecule has 0 aliphatic heterocycles. The molecule has 94 valence electrons. The van der Waals surface area contributed by atoms with Gasteiger partial charge in [-0.25, -0.2) is 0 Å². The van der Waals surface area contributed by atoms with Gasteiger partial charge < -0.3 is 9.84 Å². The van der Waals surface area contributed by atoms with E-state index < -0.39 is 6.10 Å². The molecule has 17 heavy (non-hydrogen) atoms. The summed E-state index contributed by atoms with van der Waals surface area (Å²) in [5.74, 6) is 0.773. The van der Waals surface area contributed by atoms with Crippen LogP contribution < -0.4 is 4.74 Å². The van der Waals surface area contributed by atoms with E-state index in [4.69, 9.17) is 4.74 Å². The molecule has 0 radical (unpaired) electrons. The monoisotopic (exact) mass is 237 g/mol. The number of benzene rings is 1. The van der Waals surface area contributed by atoms with E-state index in [1.807, 2.05) is 7.05 Å². The molecular formula is C13H19NO3. The molecule has 0 aliphatic rings. The number of nitrogens with zero attached hydrogens (tertiary/aromatic N) is 1. The number of likely N-dealkylation sites (N-methyl/N-ethyl adjacent to an activating group) is 1. The van der Waals surface area contributed by atoms with Crippen LogP contribution >= 0.6 is 0 Å². The van der Waals surface area contributed by atoms with E-state index in [-0.39, 0.29) is 5.78 Å². The highest BCUT2D eigenvalue weighted by molar-refractivity contribution is 5.97. The normalized spacial score (nSPS) is 12.5. The molecule has 0 saturated heterocycles. The Bertz CT molecular complexity index is 359. The van der Waals surface area contributed by atoms with E-state index in [1.54, 1.807) is 43.2 Å². The zero-order valence-corrected chi connectivity index (χ0v) is 10.5. The third kappa shape index (κ3) is 4.54. The molecule has 0 aliphatic carbocycles. The number of carbonyl (C=O) groups excluding carboxylic acids is 1. The fourth-order valence-corrected chi connectivity index (χ4v) is 1.63. The molecule has 0 fully saturated rings. The first-order chi connectivity index (χ1) is 8.02. The molecule has 0 heterocycles. The van der Waals surface area contributed by atoms with Crippen LogP contribution in [-0.2, 0) is 0 Å². The summed E-state index contributed by atoms with van der Waals surface area (Å²) in [4.78, 5) is 13.7. The summed E-state index contributed by atoms with van der Waals surface area (Å²) >= 11 is 0. The van der Waals surface area contributed by atoms with Gasteiger partial charge in [0, 0.05) is 12.1 Å². The van der Waals surface area contributed by atoms with Crippen molar-refractivity contribution in [2.24, 2.45) is 0 Å². The predicted molar refractivity (Wildman–Crippen MR) is 66.5 cm³/mol. The molecule has 0 bridgehead atoms. The van der Waals surface area contributed by atoms with Gasteiger partial charge in [-0.05, 0) is 38.2 Å². The maximum absolute atomic E-state index is 11.9. The third-order valence-electron chi connectivity index (χ3n) is 2.40. The third-order valence-corrected chi connectivity index (χ3v) is 2.40. The first kappa shape index (κ1) is 13.7. The predicted octanol–water partition coefficient (Wildman–Crippen LogP) is 1.19. The zero-order chi connectivity index (χ0) is 12.8. The van der Waals surface area contributed by atoms with Gasteiger partial charge in [0.25, 0.3) is 0 Å². The minimum atomic E-state index is -0.427. The number of Topliss-reactive ketones (excluding diaryl/α,β-unsaturated/α-hetero) is 1. The summed E-state index contributed by atoms with van der Waals surface area (Å²) in [6, 6.07) is 7.03. The fraction of sp³-hybridized carbons (Fsp3) is 0.462. The minimum absolute atomic E-state index is 0.0378. The number of hydrogen-bond donors (Lipinski definition) is 1. The van der Waals surface area contributed by atoms with E-state index in [0.29, 0.717) is 18.7 Å². The topological polar surface area (TPSA) is 49.8 Å². The minimum Gasteiger partial charge on any atom is -0.497 e. The molecule has 1 unspecified atom stereocenters. The Labute approximate surface area is 102 Å². The Morgan fingerprint density at radius 3 is 2.47 bits per heavy atom. The van der Waals surface area contributed by atoms with Crippen LogP contribution in [-0.4, -0.2) is 49.1 Å². The highest BCUT2D eigenvalue weighted by Crippen LogP contribution is 2.11. The highest BCUT2D eigenvalue weighted by Gasteiger charge is 2.10. The molecule has 4 heteroatoms. The van der Waals surface area contributed by atoms with Gasteiger partial charge in [-0.2, -0.15) is 0 Å². The van der Waals surface area contributed by atoms with Crippen molar-refractivity contribution >= 4 is 5.78 Å². The second-order valence-electron chi connectivity index (χ2n) is 4.20. The van der Waals surface area contributed by atoms with Crippen LogP contribution in [0, 0.1) is 0 Å². The lowest BCUT2D eigenvalue weighted by Gasteiger charge is -2.17. The summed E-state index contributed by atoms with van der Waals surface area (Å²) in [7, 11) is 3.40. The number of rotatable bonds is 6. The number of aliphatic hydroxyl groups is 1. The smallest absolute Gasteiger partial charge is 0.176 e. The molecular weight excluding hydrogens is 218 g/mol. The van der Waals surface area contributed by atoms with Crippen LogP contribution in [0.25, 0.3) is 0 Å². The number of ether oxygens (including phenoxy) is 1. The van der Waals surface area contributed by atoms with Crippen molar-refractivity contribution in [3.8, 4) is 5.75 Å². The van der Waals surface area contributed by atoms with E-state index in [9.17, 15) is 9.90 Å². The van der Waals surface area contributed by atoms with Crippen LogP contribution in [0.5, 0.6) is 5.75 Å². The fourth-order valence-electron chi connectivity index (χ4n) is 1.63. The second-order valence-corrected chi connectivity index (χ2v) is 4.20. The van der Waals surface area contributed by atoms with Crippen molar-refractivity contribution < 1.29 is 14.6 Å². The molecule has 1 N–H and O–H groups in total. The highest BCUT2D eigenvalue weighted by atomic mass is 16.5. The molecule has 4 nitrogen and oxygen atoms in total. The van der Waals surface area contributed by atoms with Crippen molar-refractivity contribution in [1.29, 1.82) is 0 Å². The van der Waals surface area contributed by atoms with Crippen molar-refractivity contribution in [3.05, 3.63) is 29.8 Å². The zero-order valence-electron chi connectivity index (χ0n) is 10.5. The van der Waals surface area contributed by atoms with Gasteiger partial charge in [0.05, 0.1) is 19.8 Å². The van der Waals surface area contributed by atoms with Gasteiger partial charge in [0.2, 0.25) is 0 Å². The van der Waals surface area contributed by atoms with E-state index >= 15 is 0 Å². The van der Waals surface area contributed by atoms with Crippen molar-refractivity contribution in [2.75, 3.05) is 27.2 Å². The molecule has 1 rings (SSSR count). The summed E-state index contributed by atoms with van der Waals surface area (Å²) < 4.78 is 5.03. The Balaban J connectivity index is 2.57. The van der Waals surface area contributed by atoms with E-state index in [1.165, 1.54) is 0 Å². The van der Waals surface area contributed by atoms with Gasteiger partial charge in [-0.1, -0.05) is 0 Å². The Morgan fingerprint density at radius 2 is 2.00 bits per heavy atom. The standard InChI is InChI=1S/C13H19NO3/c1-10(15)8-14(2)9-13(16)11-4-6-12(17-3)7-5-11/h4-7,10,15H,8-9H2,1-3H3. The quantitative estimate of drug-likeness (QED) is 0.755. The lowest BCUT2D eigenvalue weighted by atomic mass is 10.1. The van der Waals surface area contributed by atoms with Gasteiger partial charge in [0.15, 0.2) is 5.78 Å². The van der Waals surface area contributed by atoms with Crippen LogP contribution in [0.1, 0.15) is 17.3 Å². The SMILES string of the molecule is COc1ccc(C(=O)CN(C)CC(C)O)cc1. The summed E-state index contributed by atoms with van der Waals surface area (Å²) in [5, 5.41) is 9.21. The summed E-state index contributed by atoms with van der Waals surface area (Å²) in [5.41, 5.74) is 0.656. The van der Waals surface area contributed by atoms with Crippen molar-refractivity contribution in [1.82, 2.24) is 4.90 Å². The summed E-state index contributed by atoms with van der Waals surface area (Å²) in [6.07, 6.45) is -0.427. The van der Waals surface area contributed by atoms with Gasteiger partial charge in [-0.3, -0.25) is 9.69 Å². The van der Waals surface area contributed by atoms with Crippen molar-refractivity contribution in [2.45, 2.75) is 13.0 Å². The number of methoxy groups -OCH3 is 1. The van der Waals surface area contributed by atoms with E-state index in [2.05, 4.69) is 0 Å². The average Bonchev–Trinajstić information content (AvgIpc) is 2.28. The van der Waals surface area contributed by atoms with E-state index in [0.717, 1.165) is 5.75 Å². The van der Waals surface area contributed by atoms with Crippen LogP contribution in [0.4, 0.5) is 0 Å². The molecule has 0 amide bonds. The first-order valence-electron chi connectivity index (χ1n) is 5.56. The maximum Gasteiger partial charge on any atom is 0.176 e. The Hall–Kier alpha value is -1.39. The molecule has 1 atom stereocenters. The molecule has 0 saturated carbocycles. The number of hydrogen-bond acceptors (Lipinski definition) is 4.